The van der Waals surface area contributed by atoms with Crippen LogP contribution < -0.4 is 10.6 Å². The number of carbonyl (C=O) groups excluding carboxylic acids is 1. The monoisotopic (exact) mass is 295 g/mol. The van der Waals surface area contributed by atoms with Gasteiger partial charge in [-0.2, -0.15) is 5.26 Å². The first-order valence-electron chi connectivity index (χ1n) is 6.49. The summed E-state index contributed by atoms with van der Waals surface area (Å²) in [5.41, 5.74) is -0.481. The summed E-state index contributed by atoms with van der Waals surface area (Å²) >= 11 is 1.47. The van der Waals surface area contributed by atoms with Crippen LogP contribution in [0.15, 0.2) is 12.1 Å². The van der Waals surface area contributed by atoms with E-state index in [-0.39, 0.29) is 6.04 Å². The number of thiophene rings is 1. The third kappa shape index (κ3) is 6.55. The molecule has 0 fully saturated rings. The summed E-state index contributed by atoms with van der Waals surface area (Å²) in [4.78, 5) is 13.3. The van der Waals surface area contributed by atoms with Gasteiger partial charge in [0.25, 0.3) is 0 Å². The maximum Gasteiger partial charge on any atom is 0.407 e. The molecule has 110 valence electrons. The zero-order chi connectivity index (χ0) is 15.2. The normalized spacial score (nSPS) is 12.6. The molecule has 1 aromatic heterocycles. The van der Waals surface area contributed by atoms with Crippen LogP contribution in [-0.2, 0) is 11.3 Å². The van der Waals surface area contributed by atoms with Crippen LogP contribution in [0.1, 0.15) is 37.4 Å². The Labute approximate surface area is 123 Å². The summed E-state index contributed by atoms with van der Waals surface area (Å²) in [5, 5.41) is 14.7. The number of ether oxygens (including phenoxy) is 1. The highest BCUT2D eigenvalue weighted by Crippen LogP contribution is 2.14. The molecule has 1 aromatic rings. The molecule has 0 saturated heterocycles. The number of carbonyl (C=O) groups is 1. The number of alkyl carbamates (subject to hydrolysis) is 1. The SMILES string of the molecule is CC(CNC(=O)OC(C)(C)C)NCc1ccc(C#N)s1. The van der Waals surface area contributed by atoms with Crippen LogP contribution in [0.4, 0.5) is 4.79 Å². The van der Waals surface area contributed by atoms with Crippen molar-refractivity contribution in [2.45, 2.75) is 45.9 Å². The molecule has 0 radical (unpaired) electrons. The van der Waals surface area contributed by atoms with E-state index in [9.17, 15) is 4.79 Å². The first-order valence-corrected chi connectivity index (χ1v) is 7.31. The van der Waals surface area contributed by atoms with Crippen molar-refractivity contribution < 1.29 is 9.53 Å². The molecular formula is C14H21N3O2S. The molecule has 0 saturated carbocycles. The minimum atomic E-state index is -0.481. The van der Waals surface area contributed by atoms with Crippen LogP contribution in [-0.4, -0.2) is 24.3 Å². The van der Waals surface area contributed by atoms with Gasteiger partial charge < -0.3 is 15.4 Å². The van der Waals surface area contributed by atoms with Gasteiger partial charge in [-0.1, -0.05) is 0 Å². The van der Waals surface area contributed by atoms with Gasteiger partial charge in [0.15, 0.2) is 0 Å². The molecule has 1 heterocycles. The second-order valence-electron chi connectivity index (χ2n) is 5.54. The molecule has 0 aromatic carbocycles. The highest BCUT2D eigenvalue weighted by Gasteiger charge is 2.16. The molecule has 0 aliphatic heterocycles. The van der Waals surface area contributed by atoms with E-state index in [2.05, 4.69) is 16.7 Å². The fourth-order valence-electron chi connectivity index (χ4n) is 1.43. The van der Waals surface area contributed by atoms with Crippen molar-refractivity contribution in [3.8, 4) is 6.07 Å². The standard InChI is InChI=1S/C14H21N3O2S/c1-10(8-17-13(18)19-14(2,3)4)16-9-12-6-5-11(7-15)20-12/h5-6,10,16H,8-9H2,1-4H3,(H,17,18). The Morgan fingerprint density at radius 1 is 1.50 bits per heavy atom. The summed E-state index contributed by atoms with van der Waals surface area (Å²) < 4.78 is 5.16. The van der Waals surface area contributed by atoms with Gasteiger partial charge in [-0.25, -0.2) is 4.79 Å². The van der Waals surface area contributed by atoms with Crippen molar-refractivity contribution >= 4 is 17.4 Å². The molecule has 5 nitrogen and oxygen atoms in total. The van der Waals surface area contributed by atoms with Crippen molar-refractivity contribution in [2.75, 3.05) is 6.54 Å². The minimum Gasteiger partial charge on any atom is -0.444 e. The molecule has 2 N–H and O–H groups in total. The van der Waals surface area contributed by atoms with Gasteiger partial charge in [-0.3, -0.25) is 0 Å². The van der Waals surface area contributed by atoms with Crippen LogP contribution in [0.5, 0.6) is 0 Å². The third-order valence-corrected chi connectivity index (χ3v) is 3.34. The van der Waals surface area contributed by atoms with E-state index in [1.165, 1.54) is 11.3 Å². The van der Waals surface area contributed by atoms with E-state index in [0.717, 1.165) is 4.88 Å². The van der Waals surface area contributed by atoms with Gasteiger partial charge in [0.1, 0.15) is 16.5 Å². The van der Waals surface area contributed by atoms with Crippen molar-refractivity contribution in [3.05, 3.63) is 21.9 Å². The Bertz CT molecular complexity index is 485. The molecule has 0 bridgehead atoms. The van der Waals surface area contributed by atoms with E-state index in [4.69, 9.17) is 10.00 Å². The quantitative estimate of drug-likeness (QED) is 0.875. The maximum atomic E-state index is 11.5. The Morgan fingerprint density at radius 3 is 2.75 bits per heavy atom. The Hall–Kier alpha value is -1.58. The van der Waals surface area contributed by atoms with Gasteiger partial charge in [0.05, 0.1) is 0 Å². The summed E-state index contributed by atoms with van der Waals surface area (Å²) in [5.74, 6) is 0. The lowest BCUT2D eigenvalue weighted by atomic mass is 10.2. The summed E-state index contributed by atoms with van der Waals surface area (Å²) in [6, 6.07) is 5.98. The number of rotatable bonds is 5. The zero-order valence-corrected chi connectivity index (χ0v) is 13.1. The molecule has 0 spiro atoms. The van der Waals surface area contributed by atoms with Crippen molar-refractivity contribution in [2.24, 2.45) is 0 Å². The van der Waals surface area contributed by atoms with E-state index in [1.54, 1.807) is 0 Å². The zero-order valence-electron chi connectivity index (χ0n) is 12.3. The number of hydrogen-bond donors (Lipinski definition) is 2. The van der Waals surface area contributed by atoms with E-state index >= 15 is 0 Å². The average Bonchev–Trinajstić information content (AvgIpc) is 2.79. The molecule has 0 aliphatic carbocycles. The highest BCUT2D eigenvalue weighted by atomic mass is 32.1. The Morgan fingerprint density at radius 2 is 2.20 bits per heavy atom. The van der Waals surface area contributed by atoms with Crippen LogP contribution in [0, 0.1) is 11.3 Å². The maximum absolute atomic E-state index is 11.5. The summed E-state index contributed by atoms with van der Waals surface area (Å²) in [6.45, 7) is 8.65. The van der Waals surface area contributed by atoms with E-state index in [1.807, 2.05) is 39.8 Å². The van der Waals surface area contributed by atoms with Crippen LogP contribution in [0.3, 0.4) is 0 Å². The van der Waals surface area contributed by atoms with E-state index in [0.29, 0.717) is 18.0 Å². The first-order chi connectivity index (χ1) is 9.30. The van der Waals surface area contributed by atoms with Gasteiger partial charge in [-0.15, -0.1) is 11.3 Å². The molecule has 20 heavy (non-hydrogen) atoms. The van der Waals surface area contributed by atoms with Crippen LogP contribution in [0.25, 0.3) is 0 Å². The molecular weight excluding hydrogens is 274 g/mol. The lowest BCUT2D eigenvalue weighted by molar-refractivity contribution is 0.0523. The Kier molecular flexibility index (Phi) is 5.99. The van der Waals surface area contributed by atoms with Gasteiger partial charge in [0, 0.05) is 24.0 Å². The minimum absolute atomic E-state index is 0.121. The number of nitrogens with one attached hydrogen (secondary N) is 2. The predicted octanol–water partition coefficient (Wildman–Crippen LogP) is 2.62. The fraction of sp³-hybridized carbons (Fsp3) is 0.571. The van der Waals surface area contributed by atoms with Gasteiger partial charge in [-0.05, 0) is 39.8 Å². The molecule has 1 rings (SSSR count). The number of nitriles is 1. The van der Waals surface area contributed by atoms with Crippen LogP contribution in [0.2, 0.25) is 0 Å². The first kappa shape index (κ1) is 16.5. The smallest absolute Gasteiger partial charge is 0.407 e. The molecule has 1 atom stereocenters. The lowest BCUT2D eigenvalue weighted by Crippen LogP contribution is -2.40. The number of amides is 1. The van der Waals surface area contributed by atoms with Crippen molar-refractivity contribution in [3.63, 3.8) is 0 Å². The van der Waals surface area contributed by atoms with Crippen LogP contribution >= 0.6 is 11.3 Å². The van der Waals surface area contributed by atoms with Crippen molar-refractivity contribution in [1.82, 2.24) is 10.6 Å². The van der Waals surface area contributed by atoms with Gasteiger partial charge >= 0.3 is 6.09 Å². The Balaban J connectivity index is 2.25. The molecule has 0 aliphatic rings. The average molecular weight is 295 g/mol. The molecule has 1 unspecified atom stereocenters. The predicted molar refractivity (Wildman–Crippen MR) is 79.6 cm³/mol. The lowest BCUT2D eigenvalue weighted by Gasteiger charge is -2.21. The summed E-state index contributed by atoms with van der Waals surface area (Å²) in [6.07, 6.45) is -0.408. The van der Waals surface area contributed by atoms with Crippen molar-refractivity contribution in [1.29, 1.82) is 5.26 Å². The molecule has 1 amide bonds. The second kappa shape index (κ2) is 7.27. The van der Waals surface area contributed by atoms with E-state index < -0.39 is 11.7 Å². The van der Waals surface area contributed by atoms with Gasteiger partial charge in [0.2, 0.25) is 0 Å². The molecule has 6 heteroatoms. The number of hydrogen-bond acceptors (Lipinski definition) is 5. The second-order valence-corrected chi connectivity index (χ2v) is 6.71. The third-order valence-electron chi connectivity index (χ3n) is 2.35. The number of nitrogens with zero attached hydrogens (tertiary/aromatic N) is 1. The largest absolute Gasteiger partial charge is 0.444 e. The topological polar surface area (TPSA) is 74.2 Å². The summed E-state index contributed by atoms with van der Waals surface area (Å²) in [7, 11) is 0. The highest BCUT2D eigenvalue weighted by molar-refractivity contribution is 7.12. The fourth-order valence-corrected chi connectivity index (χ4v) is 2.19.